The molecule has 23 heavy (non-hydrogen) atoms. The van der Waals surface area contributed by atoms with Crippen LogP contribution in [0.15, 0.2) is 12.1 Å². The lowest BCUT2D eigenvalue weighted by Gasteiger charge is -2.22. The summed E-state index contributed by atoms with van der Waals surface area (Å²) in [7, 11) is 0. The monoisotopic (exact) mass is 344 g/mol. The minimum Gasteiger partial charge on any atom is -0.381 e. The van der Waals surface area contributed by atoms with Gasteiger partial charge in [0, 0.05) is 19.8 Å². The summed E-state index contributed by atoms with van der Waals surface area (Å²) in [5.74, 6) is -0.641. The Hall–Kier alpha value is -1.21. The van der Waals surface area contributed by atoms with Crippen molar-refractivity contribution in [1.29, 1.82) is 0 Å². The Morgan fingerprint density at radius 3 is 2.96 bits per heavy atom. The van der Waals surface area contributed by atoms with E-state index in [0.29, 0.717) is 31.7 Å². The maximum atomic E-state index is 14.4. The number of fused-ring (bicyclic) bond motifs is 1. The van der Waals surface area contributed by atoms with E-state index in [9.17, 15) is 9.18 Å². The summed E-state index contributed by atoms with van der Waals surface area (Å²) in [4.78, 5) is 11.9. The minimum absolute atomic E-state index is 0. The fraction of sp³-hybridized carbons (Fsp3) is 0.562. The number of carbonyl (C=O) groups excluding carboxylic acids is 1. The Morgan fingerprint density at radius 1 is 1.39 bits per heavy atom. The summed E-state index contributed by atoms with van der Waals surface area (Å²) in [6.45, 7) is 2.71. The molecule has 7 heteroatoms. The van der Waals surface area contributed by atoms with E-state index in [-0.39, 0.29) is 42.5 Å². The molecule has 3 rings (SSSR count). The van der Waals surface area contributed by atoms with Crippen LogP contribution in [0, 0.1) is 5.82 Å². The number of hydrogen-bond donors (Lipinski definition) is 2. The predicted octanol–water partition coefficient (Wildman–Crippen LogP) is 2.03. The zero-order valence-electron chi connectivity index (χ0n) is 12.9. The Morgan fingerprint density at radius 2 is 2.17 bits per heavy atom. The Bertz CT molecular complexity index is 550. The van der Waals surface area contributed by atoms with E-state index >= 15 is 0 Å². The molecule has 1 aromatic rings. The van der Waals surface area contributed by atoms with Crippen LogP contribution < -0.4 is 10.6 Å². The molecule has 5 nitrogen and oxygen atoms in total. The maximum absolute atomic E-state index is 14.4. The van der Waals surface area contributed by atoms with E-state index in [4.69, 9.17) is 9.47 Å². The second-order valence-electron chi connectivity index (χ2n) is 5.66. The number of rotatable bonds is 4. The summed E-state index contributed by atoms with van der Waals surface area (Å²) in [5, 5.41) is 5.81. The maximum Gasteiger partial charge on any atom is 0.250 e. The summed E-state index contributed by atoms with van der Waals surface area (Å²) in [6, 6.07) is 3.48. The predicted molar refractivity (Wildman–Crippen MR) is 87.5 cm³/mol. The Labute approximate surface area is 141 Å². The third-order valence-electron chi connectivity index (χ3n) is 4.10. The number of nitrogens with one attached hydrogen (secondary N) is 2. The molecule has 1 fully saturated rings. The van der Waals surface area contributed by atoms with Crippen molar-refractivity contribution in [2.45, 2.75) is 31.9 Å². The number of hydrogen-bond acceptors (Lipinski definition) is 4. The molecule has 1 saturated heterocycles. The van der Waals surface area contributed by atoms with Crippen LogP contribution in [0.1, 0.15) is 24.0 Å². The molecule has 2 heterocycles. The van der Waals surface area contributed by atoms with E-state index in [1.165, 1.54) is 0 Å². The van der Waals surface area contributed by atoms with Gasteiger partial charge < -0.3 is 20.1 Å². The molecule has 2 aliphatic rings. The van der Waals surface area contributed by atoms with Crippen molar-refractivity contribution >= 4 is 24.0 Å². The number of benzene rings is 1. The first-order valence-electron chi connectivity index (χ1n) is 7.74. The van der Waals surface area contributed by atoms with E-state index in [2.05, 4.69) is 10.6 Å². The van der Waals surface area contributed by atoms with Crippen molar-refractivity contribution in [3.05, 3.63) is 29.1 Å². The SMILES string of the molecule is Cl.O=C(COC1CCOCC1)Nc1ccc2c(c1F)CCNC2. The molecule has 0 saturated carbocycles. The van der Waals surface area contributed by atoms with Crippen molar-refractivity contribution in [1.82, 2.24) is 5.32 Å². The first kappa shape index (κ1) is 18.1. The van der Waals surface area contributed by atoms with Crippen molar-refractivity contribution < 1.29 is 18.7 Å². The van der Waals surface area contributed by atoms with Gasteiger partial charge in [-0.25, -0.2) is 4.39 Å². The molecule has 1 amide bonds. The minimum atomic E-state index is -0.321. The number of halogens is 2. The molecular weight excluding hydrogens is 323 g/mol. The topological polar surface area (TPSA) is 59.6 Å². The Kier molecular flexibility index (Phi) is 6.77. The lowest BCUT2D eigenvalue weighted by molar-refractivity contribution is -0.124. The van der Waals surface area contributed by atoms with Gasteiger partial charge >= 0.3 is 0 Å². The highest BCUT2D eigenvalue weighted by Gasteiger charge is 2.19. The fourth-order valence-corrected chi connectivity index (χ4v) is 2.85. The standard InChI is InChI=1S/C16H21FN2O3.ClH/c17-16-13-3-6-18-9-11(13)1-2-14(16)19-15(20)10-22-12-4-7-21-8-5-12;/h1-2,12,18H,3-10H2,(H,19,20);1H. The lowest BCUT2D eigenvalue weighted by Crippen LogP contribution is -2.29. The van der Waals surface area contributed by atoms with Gasteiger partial charge in [0.2, 0.25) is 5.91 Å². The van der Waals surface area contributed by atoms with Crippen LogP contribution in [-0.2, 0) is 27.2 Å². The van der Waals surface area contributed by atoms with Gasteiger partial charge in [0.25, 0.3) is 0 Å². The van der Waals surface area contributed by atoms with Crippen LogP contribution in [0.5, 0.6) is 0 Å². The fourth-order valence-electron chi connectivity index (χ4n) is 2.85. The third-order valence-corrected chi connectivity index (χ3v) is 4.10. The highest BCUT2D eigenvalue weighted by atomic mass is 35.5. The van der Waals surface area contributed by atoms with Gasteiger partial charge in [0.05, 0.1) is 11.8 Å². The summed E-state index contributed by atoms with van der Waals surface area (Å²) >= 11 is 0. The van der Waals surface area contributed by atoms with Crippen molar-refractivity contribution in [3.63, 3.8) is 0 Å². The van der Waals surface area contributed by atoms with Crippen molar-refractivity contribution in [2.24, 2.45) is 0 Å². The molecule has 0 radical (unpaired) electrons. The largest absolute Gasteiger partial charge is 0.381 e. The normalized spacial score (nSPS) is 18.0. The molecule has 0 atom stereocenters. The average molecular weight is 345 g/mol. The number of anilines is 1. The van der Waals surface area contributed by atoms with Crippen LogP contribution in [0.2, 0.25) is 0 Å². The molecular formula is C16H22ClFN2O3. The smallest absolute Gasteiger partial charge is 0.250 e. The van der Waals surface area contributed by atoms with Crippen LogP contribution in [0.25, 0.3) is 0 Å². The third kappa shape index (κ3) is 4.64. The van der Waals surface area contributed by atoms with E-state index in [0.717, 1.165) is 24.9 Å². The second kappa shape index (κ2) is 8.59. The second-order valence-corrected chi connectivity index (χ2v) is 5.66. The highest BCUT2D eigenvalue weighted by molar-refractivity contribution is 5.92. The first-order valence-corrected chi connectivity index (χ1v) is 7.74. The summed E-state index contributed by atoms with van der Waals surface area (Å²) < 4.78 is 25.2. The van der Waals surface area contributed by atoms with Gasteiger partial charge in [-0.15, -0.1) is 12.4 Å². The lowest BCUT2D eigenvalue weighted by atomic mass is 9.99. The zero-order chi connectivity index (χ0) is 15.4. The van der Waals surface area contributed by atoms with Crippen LogP contribution >= 0.6 is 12.4 Å². The number of carbonyl (C=O) groups is 1. The van der Waals surface area contributed by atoms with Gasteiger partial charge in [0.15, 0.2) is 0 Å². The molecule has 128 valence electrons. The van der Waals surface area contributed by atoms with Gasteiger partial charge in [-0.05, 0) is 43.0 Å². The summed E-state index contributed by atoms with van der Waals surface area (Å²) in [5.41, 5.74) is 1.89. The number of ether oxygens (including phenoxy) is 2. The first-order chi connectivity index (χ1) is 10.7. The molecule has 2 N–H and O–H groups in total. The van der Waals surface area contributed by atoms with E-state index < -0.39 is 0 Å². The molecule has 0 unspecified atom stereocenters. The van der Waals surface area contributed by atoms with Crippen LogP contribution in [-0.4, -0.2) is 38.4 Å². The number of amides is 1. The van der Waals surface area contributed by atoms with Crippen LogP contribution in [0.3, 0.4) is 0 Å². The van der Waals surface area contributed by atoms with E-state index in [1.54, 1.807) is 6.07 Å². The molecule has 1 aromatic carbocycles. The molecule has 0 bridgehead atoms. The Balaban J connectivity index is 0.00000192. The summed E-state index contributed by atoms with van der Waals surface area (Å²) in [6.07, 6.45) is 2.30. The molecule has 0 aromatic heterocycles. The molecule has 0 aliphatic carbocycles. The average Bonchev–Trinajstić information content (AvgIpc) is 2.57. The van der Waals surface area contributed by atoms with E-state index in [1.807, 2.05) is 6.07 Å². The van der Waals surface area contributed by atoms with Gasteiger partial charge in [-0.3, -0.25) is 4.79 Å². The molecule has 2 aliphatic heterocycles. The van der Waals surface area contributed by atoms with Gasteiger partial charge in [-0.1, -0.05) is 6.07 Å². The van der Waals surface area contributed by atoms with Gasteiger partial charge in [0.1, 0.15) is 12.4 Å². The zero-order valence-corrected chi connectivity index (χ0v) is 13.7. The van der Waals surface area contributed by atoms with Crippen LogP contribution in [0.4, 0.5) is 10.1 Å². The quantitative estimate of drug-likeness (QED) is 0.877. The molecule has 0 spiro atoms. The highest BCUT2D eigenvalue weighted by Crippen LogP contribution is 2.24. The van der Waals surface area contributed by atoms with Crippen molar-refractivity contribution in [2.75, 3.05) is 31.7 Å². The van der Waals surface area contributed by atoms with Crippen molar-refractivity contribution in [3.8, 4) is 0 Å². The van der Waals surface area contributed by atoms with Gasteiger partial charge in [-0.2, -0.15) is 0 Å².